The van der Waals surface area contributed by atoms with E-state index < -0.39 is 92.6 Å². The van der Waals surface area contributed by atoms with Crippen molar-refractivity contribution < 1.29 is 64.4 Å². The Balaban J connectivity index is 1.83. The van der Waals surface area contributed by atoms with Crippen LogP contribution in [0.25, 0.3) is 11.1 Å². The molecule has 0 aliphatic rings. The van der Waals surface area contributed by atoms with E-state index in [4.69, 9.17) is 19.7 Å². The average molecular weight is 570 g/mol. The summed E-state index contributed by atoms with van der Waals surface area (Å²) in [4.78, 5) is 21.8. The number of hydrogen-bond donors (Lipinski definition) is 2. The van der Waals surface area contributed by atoms with E-state index in [9.17, 15) is 40.3 Å². The Hall–Kier alpha value is -5.14. The first-order valence-electron chi connectivity index (χ1n) is 10.6. The lowest BCUT2D eigenvalue weighted by molar-refractivity contribution is 0.0686. The summed E-state index contributed by atoms with van der Waals surface area (Å²) in [7, 11) is 0. The van der Waals surface area contributed by atoms with Crippen LogP contribution < -0.4 is 9.47 Å². The van der Waals surface area contributed by atoms with E-state index in [0.717, 1.165) is 48.5 Å². The lowest BCUT2D eigenvalue weighted by atomic mass is 10.0. The fraction of sp³-hybridized carbons (Fsp3) is 0. The molecule has 0 aliphatic heterocycles. The van der Waals surface area contributed by atoms with Gasteiger partial charge in [0.25, 0.3) is 0 Å². The number of carboxylic acid groups (broad SMARTS) is 2. The lowest BCUT2D eigenvalue weighted by Crippen LogP contribution is -2.09. The van der Waals surface area contributed by atoms with Crippen molar-refractivity contribution in [3.63, 3.8) is 0 Å². The van der Waals surface area contributed by atoms with Crippen molar-refractivity contribution in [1.29, 1.82) is 0 Å². The highest BCUT2D eigenvalue weighted by molar-refractivity contribution is 5.88. The van der Waals surface area contributed by atoms with Crippen LogP contribution in [0.4, 0.5) is 35.1 Å². The van der Waals surface area contributed by atoms with Gasteiger partial charge in [-0.25, -0.2) is 31.5 Å². The molecule has 14 heteroatoms. The van der Waals surface area contributed by atoms with E-state index in [1.807, 2.05) is 0 Å². The Kier molecular flexibility index (Phi) is 7.36. The lowest BCUT2D eigenvalue weighted by Gasteiger charge is -2.16. The third kappa shape index (κ3) is 4.86. The quantitative estimate of drug-likeness (QED) is 0.136. The molecule has 0 unspecified atom stereocenters. The van der Waals surface area contributed by atoms with Gasteiger partial charge < -0.3 is 19.7 Å². The second-order valence-corrected chi connectivity index (χ2v) is 7.78. The highest BCUT2D eigenvalue weighted by atomic mass is 19.2. The van der Waals surface area contributed by atoms with Crippen molar-refractivity contribution in [2.45, 2.75) is 0 Å². The molecular formula is C26H10F8O6. The monoisotopic (exact) mass is 570 g/mol. The summed E-state index contributed by atoms with van der Waals surface area (Å²) in [5, 5.41) is 17.8. The summed E-state index contributed by atoms with van der Waals surface area (Å²) in [5.41, 5.74) is -4.75. The number of hydrogen-bond acceptors (Lipinski definition) is 4. The van der Waals surface area contributed by atoms with E-state index >= 15 is 4.39 Å². The molecule has 0 bridgehead atoms. The summed E-state index contributed by atoms with van der Waals surface area (Å²) >= 11 is 0. The molecule has 40 heavy (non-hydrogen) atoms. The summed E-state index contributed by atoms with van der Waals surface area (Å²) < 4.78 is 128. The third-order valence-corrected chi connectivity index (χ3v) is 5.34. The number of halogens is 8. The second kappa shape index (κ2) is 10.6. The first-order valence-corrected chi connectivity index (χ1v) is 10.6. The van der Waals surface area contributed by atoms with Crippen LogP contribution >= 0.6 is 0 Å². The normalized spacial score (nSPS) is 10.9. The van der Waals surface area contributed by atoms with Crippen molar-refractivity contribution in [1.82, 2.24) is 0 Å². The molecule has 0 spiro atoms. The number of carbonyl (C=O) groups is 2. The SMILES string of the molecule is O=C(O)c1ccc(Oc2c(F)c(F)c(-c3c(F)c(F)c(F)c(Oc4ccc(C(=O)O)cc4)c3F)c(F)c2F)cc1. The van der Waals surface area contributed by atoms with Crippen LogP contribution in [0.5, 0.6) is 23.0 Å². The fourth-order valence-electron chi connectivity index (χ4n) is 3.41. The first-order chi connectivity index (χ1) is 18.8. The molecule has 2 N–H and O–H groups in total. The second-order valence-electron chi connectivity index (χ2n) is 7.78. The van der Waals surface area contributed by atoms with E-state index in [1.54, 1.807) is 0 Å². The topological polar surface area (TPSA) is 93.1 Å². The van der Waals surface area contributed by atoms with Gasteiger partial charge in [-0.15, -0.1) is 0 Å². The Morgan fingerprint density at radius 2 is 0.750 bits per heavy atom. The van der Waals surface area contributed by atoms with Gasteiger partial charge in [0.05, 0.1) is 22.3 Å². The van der Waals surface area contributed by atoms with Crippen molar-refractivity contribution >= 4 is 11.9 Å². The molecule has 0 atom stereocenters. The Morgan fingerprint density at radius 3 is 1.12 bits per heavy atom. The van der Waals surface area contributed by atoms with Crippen molar-refractivity contribution in [3.05, 3.63) is 106 Å². The van der Waals surface area contributed by atoms with Gasteiger partial charge in [-0.3, -0.25) is 0 Å². The number of ether oxygens (including phenoxy) is 2. The van der Waals surface area contributed by atoms with Gasteiger partial charge in [-0.2, -0.15) is 13.2 Å². The van der Waals surface area contributed by atoms with E-state index in [0.29, 0.717) is 0 Å². The molecule has 0 saturated carbocycles. The minimum atomic E-state index is -2.56. The molecule has 4 aromatic carbocycles. The summed E-state index contributed by atoms with van der Waals surface area (Å²) in [6, 6.07) is 7.16. The molecule has 0 saturated heterocycles. The molecule has 4 rings (SSSR count). The highest BCUT2D eigenvalue weighted by Gasteiger charge is 2.35. The van der Waals surface area contributed by atoms with Gasteiger partial charge >= 0.3 is 11.9 Å². The summed E-state index contributed by atoms with van der Waals surface area (Å²) in [5.74, 6) is -26.6. The van der Waals surface area contributed by atoms with Crippen LogP contribution in [0.3, 0.4) is 0 Å². The Morgan fingerprint density at radius 1 is 0.450 bits per heavy atom. The summed E-state index contributed by atoms with van der Waals surface area (Å²) in [6.45, 7) is 0. The average Bonchev–Trinajstić information content (AvgIpc) is 2.93. The molecule has 0 fully saturated rings. The maximum atomic E-state index is 15.2. The fourth-order valence-corrected chi connectivity index (χ4v) is 3.41. The highest BCUT2D eigenvalue weighted by Crippen LogP contribution is 2.43. The van der Waals surface area contributed by atoms with Crippen LogP contribution in [0.2, 0.25) is 0 Å². The first kappa shape index (κ1) is 27.9. The van der Waals surface area contributed by atoms with Gasteiger partial charge in [0.2, 0.25) is 29.0 Å². The minimum Gasteiger partial charge on any atom is -0.478 e. The van der Waals surface area contributed by atoms with Crippen molar-refractivity contribution in [2.75, 3.05) is 0 Å². The van der Waals surface area contributed by atoms with E-state index in [2.05, 4.69) is 0 Å². The molecule has 0 amide bonds. The van der Waals surface area contributed by atoms with E-state index in [1.165, 1.54) is 0 Å². The predicted molar refractivity (Wildman–Crippen MR) is 118 cm³/mol. The van der Waals surface area contributed by atoms with Crippen molar-refractivity contribution in [2.24, 2.45) is 0 Å². The van der Waals surface area contributed by atoms with Crippen LogP contribution in [0.1, 0.15) is 20.7 Å². The largest absolute Gasteiger partial charge is 0.478 e. The van der Waals surface area contributed by atoms with Crippen LogP contribution in [0, 0.1) is 46.5 Å². The summed E-state index contributed by atoms with van der Waals surface area (Å²) in [6.07, 6.45) is 0. The minimum absolute atomic E-state index is 0.277. The van der Waals surface area contributed by atoms with Gasteiger partial charge in [0, 0.05) is 0 Å². The Labute approximate surface area is 217 Å². The zero-order chi connectivity index (χ0) is 29.5. The van der Waals surface area contributed by atoms with Crippen LogP contribution in [-0.4, -0.2) is 22.2 Å². The standard InChI is InChI=1S/C26H10F8O6/c27-15-14(18(30)23(22(34)19(15)31)39-11-5-1-9(2-6-11)25(35)36)13-16(28)20(32)24(21(33)17(13)29)40-12-7-3-10(4-8-12)26(37)38/h1-8H,(H,35,36)(H,37,38). The number of benzene rings is 4. The van der Waals surface area contributed by atoms with Crippen LogP contribution in [-0.2, 0) is 0 Å². The maximum Gasteiger partial charge on any atom is 0.335 e. The zero-order valence-electron chi connectivity index (χ0n) is 19.2. The predicted octanol–water partition coefficient (Wildman–Crippen LogP) is 7.45. The van der Waals surface area contributed by atoms with Crippen molar-refractivity contribution in [3.8, 4) is 34.1 Å². The number of aromatic carboxylic acids is 2. The smallest absolute Gasteiger partial charge is 0.335 e. The maximum absolute atomic E-state index is 15.2. The molecule has 0 radical (unpaired) electrons. The van der Waals surface area contributed by atoms with Gasteiger partial charge in [0.1, 0.15) is 11.5 Å². The third-order valence-electron chi connectivity index (χ3n) is 5.34. The zero-order valence-corrected chi connectivity index (χ0v) is 19.2. The molecule has 4 aromatic rings. The molecule has 6 nitrogen and oxygen atoms in total. The molecular weight excluding hydrogens is 560 g/mol. The Bertz CT molecular complexity index is 1640. The molecule has 0 aliphatic carbocycles. The number of rotatable bonds is 7. The molecule has 206 valence electrons. The van der Waals surface area contributed by atoms with Gasteiger partial charge in [0.15, 0.2) is 29.1 Å². The van der Waals surface area contributed by atoms with Gasteiger partial charge in [-0.1, -0.05) is 0 Å². The van der Waals surface area contributed by atoms with E-state index in [-0.39, 0.29) is 11.1 Å². The molecule has 0 heterocycles. The van der Waals surface area contributed by atoms with Gasteiger partial charge in [-0.05, 0) is 48.5 Å². The molecule has 0 aromatic heterocycles. The van der Waals surface area contributed by atoms with Crippen LogP contribution in [0.15, 0.2) is 48.5 Å². The number of carboxylic acids is 2.